The lowest BCUT2D eigenvalue weighted by atomic mass is 9.77. The van der Waals surface area contributed by atoms with Crippen molar-refractivity contribution in [3.8, 4) is 0 Å². The average Bonchev–Trinajstić information content (AvgIpc) is 2.49. The molecule has 2 unspecified atom stereocenters. The molecule has 4 nitrogen and oxygen atoms in total. The zero-order valence-electron chi connectivity index (χ0n) is 12.1. The fourth-order valence-electron chi connectivity index (χ4n) is 3.98. The van der Waals surface area contributed by atoms with Crippen LogP contribution in [0.4, 0.5) is 0 Å². The number of hydrogen-bond acceptors (Lipinski definition) is 2. The fourth-order valence-corrected chi connectivity index (χ4v) is 3.98. The van der Waals surface area contributed by atoms with Crippen LogP contribution in [0.25, 0.3) is 0 Å². The third kappa shape index (κ3) is 2.04. The number of rotatable bonds is 2. The molecule has 4 rings (SSSR count). The Morgan fingerprint density at radius 2 is 2.00 bits per heavy atom. The van der Waals surface area contributed by atoms with Gasteiger partial charge in [-0.3, -0.25) is 9.59 Å². The van der Waals surface area contributed by atoms with E-state index in [-0.39, 0.29) is 24.4 Å². The minimum atomic E-state index is -0.185. The summed E-state index contributed by atoms with van der Waals surface area (Å²) in [6.45, 7) is 1.73. The molecule has 1 aromatic carbocycles. The van der Waals surface area contributed by atoms with Gasteiger partial charge in [0.25, 0.3) is 0 Å². The van der Waals surface area contributed by atoms with Gasteiger partial charge in [-0.05, 0) is 36.8 Å². The summed E-state index contributed by atoms with van der Waals surface area (Å²) in [6, 6.07) is 8.22. The smallest absolute Gasteiger partial charge is 0.245 e. The summed E-state index contributed by atoms with van der Waals surface area (Å²) in [4.78, 5) is 28.5. The Morgan fingerprint density at radius 3 is 2.86 bits per heavy atom. The van der Waals surface area contributed by atoms with Crippen LogP contribution in [0, 0.1) is 0 Å². The van der Waals surface area contributed by atoms with E-state index in [0.29, 0.717) is 12.5 Å². The summed E-state index contributed by atoms with van der Waals surface area (Å²) in [5.41, 5.74) is 2.74. The third-order valence-corrected chi connectivity index (χ3v) is 5.15. The van der Waals surface area contributed by atoms with E-state index in [9.17, 15) is 9.59 Å². The number of amides is 2. The first-order valence-electron chi connectivity index (χ1n) is 7.90. The minimum Gasteiger partial charge on any atom is -0.331 e. The van der Waals surface area contributed by atoms with Crippen molar-refractivity contribution < 1.29 is 9.59 Å². The summed E-state index contributed by atoms with van der Waals surface area (Å²) < 4.78 is 0. The van der Waals surface area contributed by atoms with Crippen LogP contribution in [0.2, 0.25) is 0 Å². The van der Waals surface area contributed by atoms with Crippen molar-refractivity contribution in [1.82, 2.24) is 9.80 Å². The van der Waals surface area contributed by atoms with Crippen molar-refractivity contribution in [3.63, 3.8) is 0 Å². The van der Waals surface area contributed by atoms with Crippen LogP contribution in [-0.2, 0) is 16.0 Å². The van der Waals surface area contributed by atoms with E-state index < -0.39 is 0 Å². The minimum absolute atomic E-state index is 0.131. The molecule has 2 fully saturated rings. The quantitative estimate of drug-likeness (QED) is 0.827. The number of carbonyl (C=O) groups excluding carboxylic acids is 2. The monoisotopic (exact) mass is 284 g/mol. The van der Waals surface area contributed by atoms with Crippen molar-refractivity contribution in [2.45, 2.75) is 37.6 Å². The SMILES string of the molecule is O=C1C2CCCCN2C(=O)CN1CC1Cc2ccccc21. The van der Waals surface area contributed by atoms with Gasteiger partial charge in [0.05, 0.1) is 6.54 Å². The van der Waals surface area contributed by atoms with E-state index >= 15 is 0 Å². The first kappa shape index (κ1) is 12.9. The molecule has 0 saturated carbocycles. The number of nitrogens with zero attached hydrogens (tertiary/aromatic N) is 2. The van der Waals surface area contributed by atoms with Crippen molar-refractivity contribution in [2.24, 2.45) is 0 Å². The van der Waals surface area contributed by atoms with Gasteiger partial charge in [0.2, 0.25) is 11.8 Å². The molecule has 0 N–H and O–H groups in total. The van der Waals surface area contributed by atoms with E-state index in [2.05, 4.69) is 24.3 Å². The second-order valence-electron chi connectivity index (χ2n) is 6.42. The van der Waals surface area contributed by atoms with Gasteiger partial charge in [0, 0.05) is 19.0 Å². The Labute approximate surface area is 124 Å². The van der Waals surface area contributed by atoms with Crippen molar-refractivity contribution in [2.75, 3.05) is 19.6 Å². The predicted octanol–water partition coefficient (Wildman–Crippen LogP) is 1.55. The first-order chi connectivity index (χ1) is 10.2. The number of fused-ring (bicyclic) bond motifs is 2. The summed E-state index contributed by atoms with van der Waals surface area (Å²) in [6.07, 6.45) is 3.96. The van der Waals surface area contributed by atoms with Crippen molar-refractivity contribution >= 4 is 11.8 Å². The van der Waals surface area contributed by atoms with Gasteiger partial charge >= 0.3 is 0 Å². The van der Waals surface area contributed by atoms with E-state index in [4.69, 9.17) is 0 Å². The highest BCUT2D eigenvalue weighted by atomic mass is 16.2. The maximum Gasteiger partial charge on any atom is 0.245 e. The van der Waals surface area contributed by atoms with Gasteiger partial charge in [-0.15, -0.1) is 0 Å². The lowest BCUT2D eigenvalue weighted by Gasteiger charge is -2.44. The highest BCUT2D eigenvalue weighted by Gasteiger charge is 2.41. The molecule has 0 radical (unpaired) electrons. The molecular formula is C17H20N2O2. The molecule has 1 aliphatic carbocycles. The number of piperazine rings is 1. The Bertz CT molecular complexity index is 598. The predicted molar refractivity (Wildman–Crippen MR) is 78.8 cm³/mol. The fraction of sp³-hybridized carbons (Fsp3) is 0.529. The normalized spacial score (nSPS) is 28.0. The molecule has 4 heteroatoms. The van der Waals surface area contributed by atoms with Gasteiger partial charge in [-0.1, -0.05) is 24.3 Å². The van der Waals surface area contributed by atoms with E-state index in [1.807, 2.05) is 0 Å². The van der Waals surface area contributed by atoms with Crippen LogP contribution in [0.3, 0.4) is 0 Å². The van der Waals surface area contributed by atoms with Crippen molar-refractivity contribution in [3.05, 3.63) is 35.4 Å². The van der Waals surface area contributed by atoms with E-state index in [1.165, 1.54) is 11.1 Å². The molecule has 2 saturated heterocycles. The summed E-state index contributed by atoms with van der Waals surface area (Å²) in [5.74, 6) is 0.707. The highest BCUT2D eigenvalue weighted by molar-refractivity contribution is 5.95. The maximum absolute atomic E-state index is 12.6. The molecule has 2 atom stereocenters. The van der Waals surface area contributed by atoms with Gasteiger partial charge in [0.15, 0.2) is 0 Å². The summed E-state index contributed by atoms with van der Waals surface area (Å²) in [5, 5.41) is 0. The largest absolute Gasteiger partial charge is 0.331 e. The third-order valence-electron chi connectivity index (χ3n) is 5.15. The molecule has 110 valence electrons. The molecular weight excluding hydrogens is 264 g/mol. The molecule has 2 aliphatic heterocycles. The zero-order chi connectivity index (χ0) is 14.4. The number of benzene rings is 1. The van der Waals surface area contributed by atoms with Crippen LogP contribution >= 0.6 is 0 Å². The Morgan fingerprint density at radius 1 is 1.14 bits per heavy atom. The molecule has 21 heavy (non-hydrogen) atoms. The number of hydrogen-bond donors (Lipinski definition) is 0. The van der Waals surface area contributed by atoms with Gasteiger partial charge in [-0.2, -0.15) is 0 Å². The average molecular weight is 284 g/mol. The molecule has 3 aliphatic rings. The van der Waals surface area contributed by atoms with Gasteiger partial charge in [-0.25, -0.2) is 0 Å². The Kier molecular flexibility index (Phi) is 2.98. The lowest BCUT2D eigenvalue weighted by Crippen LogP contribution is -2.61. The van der Waals surface area contributed by atoms with Crippen LogP contribution in [0.15, 0.2) is 24.3 Å². The van der Waals surface area contributed by atoms with Crippen LogP contribution in [0.5, 0.6) is 0 Å². The number of piperidine rings is 1. The molecule has 0 aromatic heterocycles. The second kappa shape index (κ2) is 4.86. The zero-order valence-corrected chi connectivity index (χ0v) is 12.1. The lowest BCUT2D eigenvalue weighted by molar-refractivity contribution is -0.158. The van der Waals surface area contributed by atoms with Crippen LogP contribution in [0.1, 0.15) is 36.3 Å². The van der Waals surface area contributed by atoms with E-state index in [1.54, 1.807) is 9.80 Å². The van der Waals surface area contributed by atoms with Crippen LogP contribution < -0.4 is 0 Å². The Balaban J connectivity index is 1.49. The molecule has 2 heterocycles. The first-order valence-corrected chi connectivity index (χ1v) is 7.90. The molecule has 2 amide bonds. The van der Waals surface area contributed by atoms with Gasteiger partial charge in [0.1, 0.15) is 6.04 Å². The van der Waals surface area contributed by atoms with Gasteiger partial charge < -0.3 is 9.80 Å². The summed E-state index contributed by atoms with van der Waals surface area (Å²) >= 11 is 0. The number of carbonyl (C=O) groups is 2. The standard InChI is InChI=1S/C17H20N2O2/c20-16-11-18(17(21)15-7-3-4-8-19(15)16)10-13-9-12-5-1-2-6-14(12)13/h1-2,5-6,13,15H,3-4,7-11H2. The second-order valence-corrected chi connectivity index (χ2v) is 6.42. The van der Waals surface area contributed by atoms with Crippen LogP contribution in [-0.4, -0.2) is 47.3 Å². The highest BCUT2D eigenvalue weighted by Crippen LogP contribution is 2.36. The molecule has 0 bridgehead atoms. The molecule has 1 aromatic rings. The molecule has 0 spiro atoms. The Hall–Kier alpha value is -1.84. The topological polar surface area (TPSA) is 40.6 Å². The maximum atomic E-state index is 12.6. The van der Waals surface area contributed by atoms with Crippen molar-refractivity contribution in [1.29, 1.82) is 0 Å². The van der Waals surface area contributed by atoms with E-state index in [0.717, 1.165) is 32.2 Å². The summed E-state index contributed by atoms with van der Waals surface area (Å²) in [7, 11) is 0.